The Labute approximate surface area is 391 Å². The van der Waals surface area contributed by atoms with Crippen molar-refractivity contribution >= 4 is 28.1 Å². The molecule has 3 N–H and O–H groups in total. The van der Waals surface area contributed by atoms with Crippen LogP contribution in [-0.4, -0.2) is 26.8 Å². The molecule has 10 nitrogen and oxygen atoms in total. The average molecular weight is 901 g/mol. The molecule has 0 radical (unpaired) electrons. The van der Waals surface area contributed by atoms with Crippen molar-refractivity contribution in [2.75, 3.05) is 5.32 Å². The monoisotopic (exact) mass is 900 g/mol. The maximum atomic E-state index is 14.1. The first-order chi connectivity index (χ1) is 33.0. The van der Waals surface area contributed by atoms with Crippen molar-refractivity contribution in [1.82, 2.24) is 9.97 Å². The predicted molar refractivity (Wildman–Crippen MR) is 261 cm³/mol. The maximum absolute atomic E-state index is 14.1. The molecule has 0 amide bonds. The first-order valence-electron chi connectivity index (χ1n) is 21.6. The topological polar surface area (TPSA) is 135 Å². The molecular formula is C56H44N4O6S. The summed E-state index contributed by atoms with van der Waals surface area (Å²) in [6.45, 7) is 0. The van der Waals surface area contributed by atoms with Crippen LogP contribution in [0.4, 0.5) is 5.13 Å². The van der Waals surface area contributed by atoms with E-state index in [0.717, 1.165) is 38.9 Å². The number of ether oxygens (including phenoxy) is 2. The summed E-state index contributed by atoms with van der Waals surface area (Å²) in [4.78, 5) is 41.3. The Morgan fingerprint density at radius 3 is 1.45 bits per heavy atom. The number of carboxylic acid groups (broad SMARTS) is 1. The maximum Gasteiger partial charge on any atom is 0.360 e. The summed E-state index contributed by atoms with van der Waals surface area (Å²) in [6, 6.07) is 69.7. The molecule has 0 aliphatic carbocycles. The first-order valence-corrected chi connectivity index (χ1v) is 22.5. The number of hydrogen-bond acceptors (Lipinski definition) is 9. The number of hydrogen-bond donors (Lipinski definition) is 3. The van der Waals surface area contributed by atoms with Crippen LogP contribution in [0.3, 0.4) is 0 Å². The summed E-state index contributed by atoms with van der Waals surface area (Å²) in [7, 11) is 0. The number of nitrogens with zero attached hydrogens (tertiary/aromatic N) is 2. The number of pyridine rings is 1. The fourth-order valence-corrected chi connectivity index (χ4v) is 8.73. The van der Waals surface area contributed by atoms with E-state index in [4.69, 9.17) is 19.3 Å². The summed E-state index contributed by atoms with van der Waals surface area (Å²) in [5.41, 5.74) is 4.50. The van der Waals surface area contributed by atoms with Gasteiger partial charge in [-0.25, -0.2) is 9.78 Å². The summed E-state index contributed by atoms with van der Waals surface area (Å²) in [6.07, 6.45) is -1.29. The number of aromatic amines is 1. The minimum Gasteiger partial charge on any atom is -0.476 e. The molecule has 0 aliphatic heterocycles. The smallest absolute Gasteiger partial charge is 0.360 e. The lowest BCUT2D eigenvalue weighted by molar-refractivity contribution is -0.171. The van der Waals surface area contributed by atoms with Gasteiger partial charge in [-0.1, -0.05) is 217 Å². The molecule has 7 aromatic carbocycles. The average Bonchev–Trinajstić information content (AvgIpc) is 3.85. The zero-order valence-electron chi connectivity index (χ0n) is 36.0. The first kappa shape index (κ1) is 43.9. The van der Waals surface area contributed by atoms with Gasteiger partial charge in [-0.15, -0.1) is 11.3 Å². The van der Waals surface area contributed by atoms with Crippen LogP contribution in [-0.2, 0) is 19.9 Å². The number of anilines is 1. The Bertz CT molecular complexity index is 2910. The molecule has 0 spiro atoms. The van der Waals surface area contributed by atoms with Gasteiger partial charge in [-0.05, 0) is 38.9 Å². The third kappa shape index (κ3) is 9.98. The van der Waals surface area contributed by atoms with Crippen LogP contribution in [0.25, 0.3) is 0 Å². The van der Waals surface area contributed by atoms with Crippen LogP contribution in [0.2, 0.25) is 0 Å². The molecule has 2 aromatic heterocycles. The van der Waals surface area contributed by atoms with Gasteiger partial charge in [0.05, 0.1) is 5.69 Å². The van der Waals surface area contributed by atoms with Crippen LogP contribution < -0.4 is 15.5 Å². The molecule has 2 heterocycles. The largest absolute Gasteiger partial charge is 0.476 e. The van der Waals surface area contributed by atoms with Gasteiger partial charge < -0.3 is 29.7 Å². The molecule has 0 saturated heterocycles. The fourth-order valence-electron chi connectivity index (χ4n) is 7.97. The van der Waals surface area contributed by atoms with Crippen molar-refractivity contribution in [2.24, 2.45) is 5.16 Å². The van der Waals surface area contributed by atoms with Crippen molar-refractivity contribution in [1.29, 1.82) is 0 Å². The summed E-state index contributed by atoms with van der Waals surface area (Å²) >= 11 is 1.23. The Morgan fingerprint density at radius 2 is 1.03 bits per heavy atom. The Hall–Kier alpha value is -8.38. The van der Waals surface area contributed by atoms with Gasteiger partial charge >= 0.3 is 5.97 Å². The summed E-state index contributed by atoms with van der Waals surface area (Å²) < 4.78 is 13.2. The van der Waals surface area contributed by atoms with E-state index in [1.165, 1.54) is 23.6 Å². The quantitative estimate of drug-likeness (QED) is 0.0335. The molecular weight excluding hydrogens is 857 g/mol. The highest BCUT2D eigenvalue weighted by atomic mass is 32.1. The number of benzene rings is 7. The zero-order chi connectivity index (χ0) is 45.8. The van der Waals surface area contributed by atoms with Crippen LogP contribution in [0, 0.1) is 0 Å². The van der Waals surface area contributed by atoms with E-state index < -0.39 is 41.1 Å². The predicted octanol–water partition coefficient (Wildman–Crippen LogP) is 11.7. The normalized spacial score (nSPS) is 12.1. The van der Waals surface area contributed by atoms with E-state index in [-0.39, 0.29) is 17.1 Å². The number of rotatable bonds is 18. The lowest BCUT2D eigenvalue weighted by atomic mass is 9.77. The minimum atomic E-state index is -1.43. The van der Waals surface area contributed by atoms with Crippen molar-refractivity contribution < 1.29 is 24.2 Å². The highest BCUT2D eigenvalue weighted by molar-refractivity contribution is 7.14. The summed E-state index contributed by atoms with van der Waals surface area (Å²) in [5, 5.41) is 20.7. The van der Waals surface area contributed by atoms with E-state index in [1.807, 2.05) is 212 Å². The van der Waals surface area contributed by atoms with Crippen molar-refractivity contribution in [3.63, 3.8) is 0 Å². The van der Waals surface area contributed by atoms with Crippen molar-refractivity contribution in [3.8, 4) is 5.75 Å². The van der Waals surface area contributed by atoms with Crippen molar-refractivity contribution in [2.45, 2.75) is 24.0 Å². The molecule has 9 rings (SSSR count). The van der Waals surface area contributed by atoms with Crippen molar-refractivity contribution in [3.05, 3.63) is 291 Å². The minimum absolute atomic E-state index is 0.0506. The standard InChI is InChI=1S/C56H44N4O6S/c61-48-36-46(57-37-49(48)64-51(39-22-8-1-9-23-39)40-24-10-2-11-25-40)54(65-52(41-26-12-3-13-27-41)42-28-14-4-15-29-42)66-60-50(53(62)63)47-38-67-55(58-47)59-56(43-30-16-5-17-31-43,44-32-18-6-19-33-44)45-34-20-7-21-35-45/h1-38,51-52,54H,(H,57,61)(H,58,59)(H,62,63). The van der Waals surface area contributed by atoms with E-state index in [9.17, 15) is 14.7 Å². The third-order valence-electron chi connectivity index (χ3n) is 11.2. The molecule has 1 unspecified atom stereocenters. The van der Waals surface area contributed by atoms with Gasteiger partial charge in [0.1, 0.15) is 23.4 Å². The van der Waals surface area contributed by atoms with E-state index in [1.54, 1.807) is 5.38 Å². The Kier molecular flexibility index (Phi) is 13.5. The summed E-state index contributed by atoms with van der Waals surface area (Å²) in [5.74, 6) is -1.33. The lowest BCUT2D eigenvalue weighted by Crippen LogP contribution is -2.38. The van der Waals surface area contributed by atoms with Gasteiger partial charge in [0.15, 0.2) is 10.9 Å². The lowest BCUT2D eigenvalue weighted by Gasteiger charge is -2.36. The highest BCUT2D eigenvalue weighted by Crippen LogP contribution is 2.41. The van der Waals surface area contributed by atoms with E-state index in [2.05, 4.69) is 15.5 Å². The Morgan fingerprint density at radius 1 is 0.612 bits per heavy atom. The van der Waals surface area contributed by atoms with E-state index in [0.29, 0.717) is 5.13 Å². The third-order valence-corrected chi connectivity index (χ3v) is 11.9. The SMILES string of the molecule is O=C(O)C(=NOC(OC(c1ccccc1)c1ccccc1)c1cc(=O)c(OC(c2ccccc2)c2ccccc2)c[nH]1)c1csc(NC(c2ccccc2)(c2ccccc2)c2ccccc2)n1. The number of carbonyl (C=O) groups is 1. The van der Waals surface area contributed by atoms with Crippen LogP contribution in [0.1, 0.15) is 68.8 Å². The van der Waals surface area contributed by atoms with Crippen LogP contribution in [0.15, 0.2) is 240 Å². The van der Waals surface area contributed by atoms with Crippen LogP contribution in [0.5, 0.6) is 5.75 Å². The molecule has 67 heavy (non-hydrogen) atoms. The number of carboxylic acids is 1. The van der Waals surface area contributed by atoms with Gasteiger partial charge in [0.25, 0.3) is 6.29 Å². The van der Waals surface area contributed by atoms with Gasteiger partial charge in [0, 0.05) is 17.6 Å². The highest BCUT2D eigenvalue weighted by Gasteiger charge is 2.37. The molecule has 11 heteroatoms. The second kappa shape index (κ2) is 20.6. The Balaban J connectivity index is 1.08. The zero-order valence-corrected chi connectivity index (χ0v) is 36.8. The molecule has 0 saturated carbocycles. The second-order valence-electron chi connectivity index (χ2n) is 15.5. The van der Waals surface area contributed by atoms with Gasteiger partial charge in [-0.2, -0.15) is 0 Å². The number of thiazole rings is 1. The number of nitrogens with one attached hydrogen (secondary N) is 2. The number of aliphatic carboxylic acids is 1. The number of oxime groups is 1. The second-order valence-corrected chi connectivity index (χ2v) is 16.3. The molecule has 0 fully saturated rings. The molecule has 0 bridgehead atoms. The van der Waals surface area contributed by atoms with E-state index >= 15 is 0 Å². The molecule has 9 aromatic rings. The molecule has 0 aliphatic rings. The van der Waals surface area contributed by atoms with Gasteiger partial charge in [-0.3, -0.25) is 4.79 Å². The molecule has 1 atom stereocenters. The number of H-pyrrole nitrogens is 1. The fraction of sp³-hybridized carbons (Fsp3) is 0.0714. The number of aromatic nitrogens is 2. The van der Waals surface area contributed by atoms with Gasteiger partial charge in [0.2, 0.25) is 11.1 Å². The van der Waals surface area contributed by atoms with Crippen LogP contribution >= 0.6 is 11.3 Å². The molecule has 330 valence electrons.